The second-order valence-electron chi connectivity index (χ2n) is 2.55. The van der Waals surface area contributed by atoms with Crippen LogP contribution in [0.2, 0.25) is 0 Å². The Balaban J connectivity index is 0.00000121. The van der Waals surface area contributed by atoms with E-state index in [-0.39, 0.29) is 12.4 Å². The van der Waals surface area contributed by atoms with E-state index < -0.39 is 6.10 Å². The highest BCUT2D eigenvalue weighted by atomic mass is 35.5. The molecule has 0 aliphatic rings. The van der Waals surface area contributed by atoms with Gasteiger partial charge in [-0.25, -0.2) is 0 Å². The van der Waals surface area contributed by atoms with Crippen molar-refractivity contribution < 1.29 is 5.11 Å². The van der Waals surface area contributed by atoms with Crippen LogP contribution in [0.1, 0.15) is 25.0 Å². The van der Waals surface area contributed by atoms with Crippen molar-refractivity contribution in [2.24, 2.45) is 0 Å². The summed E-state index contributed by atoms with van der Waals surface area (Å²) in [4.78, 5) is 0. The van der Waals surface area contributed by atoms with Gasteiger partial charge in [0, 0.05) is 11.3 Å². The molecule has 0 saturated carbocycles. The molecule has 1 atom stereocenters. The van der Waals surface area contributed by atoms with Gasteiger partial charge in [-0.2, -0.15) is 0 Å². The molecule has 0 bridgehead atoms. The van der Waals surface area contributed by atoms with Crippen LogP contribution >= 0.6 is 12.4 Å². The molecule has 0 aliphatic carbocycles. The van der Waals surface area contributed by atoms with Gasteiger partial charge < -0.3 is 10.8 Å². The summed E-state index contributed by atoms with van der Waals surface area (Å²) in [5.41, 5.74) is 7.13. The molecule has 1 aromatic rings. The van der Waals surface area contributed by atoms with Crippen molar-refractivity contribution in [3.8, 4) is 0 Å². The van der Waals surface area contributed by atoms with Gasteiger partial charge in [0.25, 0.3) is 0 Å². The number of hydrogen-bond donors (Lipinski definition) is 2. The fourth-order valence-electron chi connectivity index (χ4n) is 1.03. The molecule has 0 radical (unpaired) electrons. The van der Waals surface area contributed by atoms with Gasteiger partial charge in [0.2, 0.25) is 0 Å². The van der Waals surface area contributed by atoms with Crippen LogP contribution in [0, 0.1) is 0 Å². The Morgan fingerprint density at radius 3 is 2.50 bits per heavy atom. The Kier molecular flexibility index (Phi) is 4.71. The predicted octanol–water partition coefficient (Wildman–Crippen LogP) is 2.13. The van der Waals surface area contributed by atoms with Gasteiger partial charge in [0.15, 0.2) is 0 Å². The van der Waals surface area contributed by atoms with Crippen LogP contribution in [-0.2, 0) is 0 Å². The van der Waals surface area contributed by atoms with Gasteiger partial charge in [-0.15, -0.1) is 12.4 Å². The third-order valence-electron chi connectivity index (χ3n) is 1.74. The van der Waals surface area contributed by atoms with Crippen molar-refractivity contribution in [2.75, 3.05) is 5.73 Å². The molecule has 12 heavy (non-hydrogen) atoms. The van der Waals surface area contributed by atoms with Crippen LogP contribution in [0.25, 0.3) is 0 Å². The monoisotopic (exact) mass is 187 g/mol. The van der Waals surface area contributed by atoms with Gasteiger partial charge in [0.05, 0.1) is 6.10 Å². The Morgan fingerprint density at radius 1 is 1.42 bits per heavy atom. The molecule has 0 aliphatic heterocycles. The number of anilines is 1. The molecule has 3 heteroatoms. The minimum absolute atomic E-state index is 0. The van der Waals surface area contributed by atoms with Crippen molar-refractivity contribution in [3.63, 3.8) is 0 Å². The summed E-state index contributed by atoms with van der Waals surface area (Å²) in [6.45, 7) is 1.93. The Labute approximate surface area is 78.8 Å². The molecule has 1 rings (SSSR count). The number of benzene rings is 1. The predicted molar refractivity (Wildman–Crippen MR) is 53.4 cm³/mol. The number of hydrogen-bond acceptors (Lipinski definition) is 2. The number of nitrogen functional groups attached to an aromatic ring is 1. The molecule has 0 spiro atoms. The maximum Gasteiger partial charge on any atom is 0.0807 e. The van der Waals surface area contributed by atoms with Crippen molar-refractivity contribution in [3.05, 3.63) is 29.8 Å². The normalized spacial score (nSPS) is 11.8. The second kappa shape index (κ2) is 5.01. The smallest absolute Gasteiger partial charge is 0.0807 e. The van der Waals surface area contributed by atoms with E-state index in [1.54, 1.807) is 6.07 Å². The molecule has 0 heterocycles. The number of halogens is 1. The van der Waals surface area contributed by atoms with Crippen LogP contribution in [0.5, 0.6) is 0 Å². The topological polar surface area (TPSA) is 46.2 Å². The van der Waals surface area contributed by atoms with Crippen LogP contribution in [0.3, 0.4) is 0 Å². The third-order valence-corrected chi connectivity index (χ3v) is 1.74. The van der Waals surface area contributed by atoms with Crippen LogP contribution in [0.15, 0.2) is 24.3 Å². The Morgan fingerprint density at radius 2 is 2.00 bits per heavy atom. The zero-order chi connectivity index (χ0) is 8.27. The summed E-state index contributed by atoms with van der Waals surface area (Å²) in [5.74, 6) is 0. The van der Waals surface area contributed by atoms with Crippen LogP contribution in [0.4, 0.5) is 5.69 Å². The van der Waals surface area contributed by atoms with Gasteiger partial charge in [0.1, 0.15) is 0 Å². The Bertz CT molecular complexity index is 240. The number of aliphatic hydroxyl groups is 1. The summed E-state index contributed by atoms with van der Waals surface area (Å²) in [5, 5.41) is 9.43. The minimum atomic E-state index is -0.420. The van der Waals surface area contributed by atoms with Crippen molar-refractivity contribution >= 4 is 18.1 Å². The lowest BCUT2D eigenvalue weighted by atomic mass is 10.1. The molecule has 2 nitrogen and oxygen atoms in total. The number of nitrogens with two attached hydrogens (primary N) is 1. The van der Waals surface area contributed by atoms with Gasteiger partial charge in [-0.3, -0.25) is 0 Å². The number of rotatable bonds is 2. The molecule has 0 amide bonds. The van der Waals surface area contributed by atoms with Crippen LogP contribution in [-0.4, -0.2) is 5.11 Å². The first-order valence-corrected chi connectivity index (χ1v) is 3.78. The van der Waals surface area contributed by atoms with E-state index in [1.807, 2.05) is 25.1 Å². The van der Waals surface area contributed by atoms with Crippen molar-refractivity contribution in [1.82, 2.24) is 0 Å². The average Bonchev–Trinajstić information content (AvgIpc) is 2.04. The highest BCUT2D eigenvalue weighted by Gasteiger charge is 2.06. The highest BCUT2D eigenvalue weighted by molar-refractivity contribution is 5.85. The summed E-state index contributed by atoms with van der Waals surface area (Å²) < 4.78 is 0. The molecule has 0 unspecified atom stereocenters. The molecule has 68 valence electrons. The fourth-order valence-corrected chi connectivity index (χ4v) is 1.03. The van der Waals surface area contributed by atoms with Gasteiger partial charge in [-0.1, -0.05) is 25.1 Å². The third kappa shape index (κ3) is 2.40. The molecule has 0 aromatic heterocycles. The number of para-hydroxylation sites is 1. The fraction of sp³-hybridized carbons (Fsp3) is 0.333. The lowest BCUT2D eigenvalue weighted by Gasteiger charge is -2.09. The molecular weight excluding hydrogens is 174 g/mol. The van der Waals surface area contributed by atoms with E-state index in [0.29, 0.717) is 12.1 Å². The minimum Gasteiger partial charge on any atom is -0.398 e. The SMILES string of the molecule is CC[C@@H](O)c1ccccc1N.Cl. The lowest BCUT2D eigenvalue weighted by Crippen LogP contribution is -1.99. The molecular formula is C9H14ClNO. The molecule has 1 aromatic carbocycles. The standard InChI is InChI=1S/C9H13NO.ClH/c1-2-9(11)7-5-3-4-6-8(7)10;/h3-6,9,11H,2,10H2,1H3;1H/t9-;/m1./s1. The summed E-state index contributed by atoms with van der Waals surface area (Å²) in [6.07, 6.45) is 0.282. The van der Waals surface area contributed by atoms with Gasteiger partial charge >= 0.3 is 0 Å². The van der Waals surface area contributed by atoms with E-state index >= 15 is 0 Å². The first-order chi connectivity index (χ1) is 5.25. The number of aliphatic hydroxyl groups excluding tert-OH is 1. The van der Waals surface area contributed by atoms with Crippen molar-refractivity contribution in [1.29, 1.82) is 0 Å². The zero-order valence-electron chi connectivity index (χ0n) is 7.03. The zero-order valence-corrected chi connectivity index (χ0v) is 7.84. The van der Waals surface area contributed by atoms with Crippen LogP contribution < -0.4 is 5.73 Å². The first-order valence-electron chi connectivity index (χ1n) is 3.78. The summed E-state index contributed by atoms with van der Waals surface area (Å²) in [7, 11) is 0. The van der Waals surface area contributed by atoms with Crippen molar-refractivity contribution in [2.45, 2.75) is 19.4 Å². The second-order valence-corrected chi connectivity index (χ2v) is 2.55. The van der Waals surface area contributed by atoms with E-state index in [0.717, 1.165) is 5.56 Å². The lowest BCUT2D eigenvalue weighted by molar-refractivity contribution is 0.174. The van der Waals surface area contributed by atoms with E-state index in [4.69, 9.17) is 5.73 Å². The maximum absolute atomic E-state index is 9.43. The van der Waals surface area contributed by atoms with E-state index in [1.165, 1.54) is 0 Å². The first kappa shape index (κ1) is 11.3. The average molecular weight is 188 g/mol. The Hall–Kier alpha value is -0.730. The highest BCUT2D eigenvalue weighted by Crippen LogP contribution is 2.21. The molecule has 3 N–H and O–H groups in total. The summed E-state index contributed by atoms with van der Waals surface area (Å²) >= 11 is 0. The van der Waals surface area contributed by atoms with E-state index in [2.05, 4.69) is 0 Å². The van der Waals surface area contributed by atoms with E-state index in [9.17, 15) is 5.11 Å². The quantitative estimate of drug-likeness (QED) is 0.697. The van der Waals surface area contributed by atoms with Gasteiger partial charge in [-0.05, 0) is 12.5 Å². The maximum atomic E-state index is 9.43. The molecule has 0 fully saturated rings. The molecule has 0 saturated heterocycles. The largest absolute Gasteiger partial charge is 0.398 e. The summed E-state index contributed by atoms with van der Waals surface area (Å²) in [6, 6.07) is 7.39.